The molecule has 5 heteroatoms. The van der Waals surface area contributed by atoms with Crippen molar-refractivity contribution < 1.29 is 9.59 Å². The van der Waals surface area contributed by atoms with Gasteiger partial charge < -0.3 is 10.6 Å². The molecule has 1 heterocycles. The van der Waals surface area contributed by atoms with E-state index in [0.29, 0.717) is 6.54 Å². The zero-order valence-electron chi connectivity index (χ0n) is 9.45. The third kappa shape index (κ3) is 4.44. The number of rotatable bonds is 5. The fourth-order valence-corrected chi connectivity index (χ4v) is 2.00. The number of nitrogens with one attached hydrogen (secondary N) is 2. The van der Waals surface area contributed by atoms with Crippen molar-refractivity contribution >= 4 is 23.2 Å². The highest BCUT2D eigenvalue weighted by molar-refractivity contribution is 7.09. The lowest BCUT2D eigenvalue weighted by atomic mass is 10.3. The van der Waals surface area contributed by atoms with Crippen LogP contribution in [0, 0.1) is 0 Å². The van der Waals surface area contributed by atoms with Gasteiger partial charge in [0, 0.05) is 18.3 Å². The van der Waals surface area contributed by atoms with Gasteiger partial charge in [0.15, 0.2) is 0 Å². The van der Waals surface area contributed by atoms with E-state index in [9.17, 15) is 9.59 Å². The van der Waals surface area contributed by atoms with Crippen molar-refractivity contribution in [3.05, 3.63) is 22.4 Å². The summed E-state index contributed by atoms with van der Waals surface area (Å²) in [6.45, 7) is 3.67. The predicted molar refractivity (Wildman–Crippen MR) is 64.3 cm³/mol. The highest BCUT2D eigenvalue weighted by Gasteiger charge is 2.12. The second-order valence-corrected chi connectivity index (χ2v) is 4.57. The Balaban J connectivity index is 2.22. The Bertz CT molecular complexity index is 349. The Hall–Kier alpha value is -1.36. The van der Waals surface area contributed by atoms with Gasteiger partial charge in [0.1, 0.15) is 6.04 Å². The van der Waals surface area contributed by atoms with E-state index in [0.717, 1.165) is 6.42 Å². The Morgan fingerprint density at radius 2 is 2.25 bits per heavy atom. The fraction of sp³-hybridized carbons (Fsp3) is 0.455. The van der Waals surface area contributed by atoms with E-state index in [-0.39, 0.29) is 11.8 Å². The molecule has 0 aromatic carbocycles. The Labute approximate surface area is 99.0 Å². The second kappa shape index (κ2) is 6.27. The third-order valence-corrected chi connectivity index (χ3v) is 3.00. The average Bonchev–Trinajstić information content (AvgIpc) is 2.69. The molecule has 0 radical (unpaired) electrons. The molecule has 1 rings (SSSR count). The van der Waals surface area contributed by atoms with Gasteiger partial charge in [0.2, 0.25) is 11.8 Å². The quantitative estimate of drug-likeness (QED) is 0.804. The topological polar surface area (TPSA) is 58.2 Å². The van der Waals surface area contributed by atoms with Crippen molar-refractivity contribution in [3.63, 3.8) is 0 Å². The largest absolute Gasteiger partial charge is 0.354 e. The third-order valence-electron chi connectivity index (χ3n) is 2.06. The first kappa shape index (κ1) is 12.7. The first-order chi connectivity index (χ1) is 7.59. The van der Waals surface area contributed by atoms with E-state index < -0.39 is 6.04 Å². The van der Waals surface area contributed by atoms with Crippen molar-refractivity contribution in [3.8, 4) is 0 Å². The van der Waals surface area contributed by atoms with Crippen LogP contribution in [0.2, 0.25) is 0 Å². The lowest BCUT2D eigenvalue weighted by molar-refractivity contribution is -0.127. The smallest absolute Gasteiger partial charge is 0.242 e. The molecule has 0 fully saturated rings. The molecule has 0 saturated heterocycles. The number of hydrogen-bond acceptors (Lipinski definition) is 3. The van der Waals surface area contributed by atoms with Gasteiger partial charge >= 0.3 is 0 Å². The average molecular weight is 240 g/mol. The Morgan fingerprint density at radius 3 is 2.81 bits per heavy atom. The Morgan fingerprint density at radius 1 is 1.50 bits per heavy atom. The molecule has 2 amide bonds. The molecule has 0 saturated carbocycles. The summed E-state index contributed by atoms with van der Waals surface area (Å²) in [5.74, 6) is -0.340. The molecule has 0 aliphatic heterocycles. The molecule has 0 bridgehead atoms. The van der Waals surface area contributed by atoms with E-state index in [4.69, 9.17) is 0 Å². The van der Waals surface area contributed by atoms with Gasteiger partial charge in [-0.3, -0.25) is 9.59 Å². The second-order valence-electron chi connectivity index (χ2n) is 3.54. The summed E-state index contributed by atoms with van der Waals surface area (Å²) in [7, 11) is 0. The van der Waals surface area contributed by atoms with Crippen LogP contribution in [0.25, 0.3) is 0 Å². The SMILES string of the molecule is CC(=O)NC(C)C(=O)NCCc1cccs1. The highest BCUT2D eigenvalue weighted by atomic mass is 32.1. The van der Waals surface area contributed by atoms with Gasteiger partial charge in [-0.2, -0.15) is 0 Å². The van der Waals surface area contributed by atoms with Crippen molar-refractivity contribution in [2.75, 3.05) is 6.54 Å². The fourth-order valence-electron chi connectivity index (χ4n) is 1.29. The number of carbonyl (C=O) groups excluding carboxylic acids is 2. The summed E-state index contributed by atoms with van der Waals surface area (Å²) in [5.41, 5.74) is 0. The minimum absolute atomic E-state index is 0.147. The van der Waals surface area contributed by atoms with Gasteiger partial charge in [0.25, 0.3) is 0 Å². The first-order valence-corrected chi connectivity index (χ1v) is 6.04. The molecule has 88 valence electrons. The van der Waals surface area contributed by atoms with Gasteiger partial charge in [0.05, 0.1) is 0 Å². The summed E-state index contributed by atoms with van der Waals surface area (Å²) < 4.78 is 0. The molecule has 0 aliphatic rings. The van der Waals surface area contributed by atoms with E-state index >= 15 is 0 Å². The number of hydrogen-bond donors (Lipinski definition) is 2. The zero-order valence-corrected chi connectivity index (χ0v) is 10.3. The van der Waals surface area contributed by atoms with Crippen LogP contribution in [0.15, 0.2) is 17.5 Å². The molecule has 1 aromatic rings. The lowest BCUT2D eigenvalue weighted by Crippen LogP contribution is -2.44. The van der Waals surface area contributed by atoms with E-state index in [1.165, 1.54) is 11.8 Å². The maximum absolute atomic E-state index is 11.5. The van der Waals surface area contributed by atoms with E-state index in [1.807, 2.05) is 17.5 Å². The van der Waals surface area contributed by atoms with Crippen LogP contribution in [-0.4, -0.2) is 24.4 Å². The summed E-state index contributed by atoms with van der Waals surface area (Å²) in [6, 6.07) is 3.55. The van der Waals surface area contributed by atoms with Crippen molar-refractivity contribution in [1.82, 2.24) is 10.6 Å². The van der Waals surface area contributed by atoms with Crippen molar-refractivity contribution in [2.24, 2.45) is 0 Å². The molecule has 1 unspecified atom stereocenters. The van der Waals surface area contributed by atoms with Gasteiger partial charge in [-0.15, -0.1) is 11.3 Å². The monoisotopic (exact) mass is 240 g/mol. The summed E-state index contributed by atoms with van der Waals surface area (Å²) in [6.07, 6.45) is 0.830. The van der Waals surface area contributed by atoms with Crippen LogP contribution in [0.3, 0.4) is 0 Å². The first-order valence-electron chi connectivity index (χ1n) is 5.17. The molecular formula is C11H16N2O2S. The van der Waals surface area contributed by atoms with Crippen LogP contribution < -0.4 is 10.6 Å². The molecule has 0 spiro atoms. The van der Waals surface area contributed by atoms with Crippen LogP contribution in [0.4, 0.5) is 0 Å². The number of carbonyl (C=O) groups is 2. The van der Waals surface area contributed by atoms with Crippen molar-refractivity contribution in [2.45, 2.75) is 26.3 Å². The van der Waals surface area contributed by atoms with Crippen molar-refractivity contribution in [1.29, 1.82) is 0 Å². The number of amides is 2. The maximum Gasteiger partial charge on any atom is 0.242 e. The minimum atomic E-state index is -0.471. The lowest BCUT2D eigenvalue weighted by Gasteiger charge is -2.12. The highest BCUT2D eigenvalue weighted by Crippen LogP contribution is 2.07. The van der Waals surface area contributed by atoms with E-state index in [2.05, 4.69) is 10.6 Å². The molecule has 16 heavy (non-hydrogen) atoms. The summed E-state index contributed by atoms with van der Waals surface area (Å²) in [5, 5.41) is 7.33. The maximum atomic E-state index is 11.5. The standard InChI is InChI=1S/C11H16N2O2S/c1-8(13-9(2)14)11(15)12-6-5-10-4-3-7-16-10/h3-4,7-8H,5-6H2,1-2H3,(H,12,15)(H,13,14). The number of thiophene rings is 1. The normalized spacial score (nSPS) is 11.9. The van der Waals surface area contributed by atoms with Gasteiger partial charge in [-0.25, -0.2) is 0 Å². The van der Waals surface area contributed by atoms with Crippen LogP contribution in [0.1, 0.15) is 18.7 Å². The summed E-state index contributed by atoms with van der Waals surface area (Å²) >= 11 is 1.67. The van der Waals surface area contributed by atoms with Crippen LogP contribution >= 0.6 is 11.3 Å². The molecule has 1 aromatic heterocycles. The molecule has 2 N–H and O–H groups in total. The van der Waals surface area contributed by atoms with Gasteiger partial charge in [-0.05, 0) is 24.8 Å². The molecule has 1 atom stereocenters. The molecule has 0 aliphatic carbocycles. The van der Waals surface area contributed by atoms with Crippen LogP contribution in [0.5, 0.6) is 0 Å². The Kier molecular flexibility index (Phi) is 4.98. The predicted octanol–water partition coefficient (Wildman–Crippen LogP) is 0.931. The summed E-state index contributed by atoms with van der Waals surface area (Å²) in [4.78, 5) is 23.5. The van der Waals surface area contributed by atoms with E-state index in [1.54, 1.807) is 18.3 Å². The van der Waals surface area contributed by atoms with Gasteiger partial charge in [-0.1, -0.05) is 6.07 Å². The molecule has 4 nitrogen and oxygen atoms in total. The zero-order chi connectivity index (χ0) is 12.0. The van der Waals surface area contributed by atoms with Crippen LogP contribution in [-0.2, 0) is 16.0 Å². The minimum Gasteiger partial charge on any atom is -0.354 e. The molecular weight excluding hydrogens is 224 g/mol.